The average Bonchev–Trinajstić information content (AvgIpc) is 2.42. The Kier molecular flexibility index (Phi) is 5.83. The summed E-state index contributed by atoms with van der Waals surface area (Å²) in [6.45, 7) is 1.96. The fraction of sp³-hybridized carbons (Fsp3) is 0.533. The van der Waals surface area contributed by atoms with Crippen LogP contribution in [0.25, 0.3) is 0 Å². The van der Waals surface area contributed by atoms with Crippen molar-refractivity contribution in [2.75, 3.05) is 32.1 Å². The third-order valence-electron chi connectivity index (χ3n) is 3.35. The van der Waals surface area contributed by atoms with Crippen molar-refractivity contribution >= 4 is 23.2 Å². The lowest BCUT2D eigenvalue weighted by atomic mass is 10.1. The van der Waals surface area contributed by atoms with Gasteiger partial charge in [-0.2, -0.15) is 0 Å². The second-order valence-electron chi connectivity index (χ2n) is 5.21. The minimum atomic E-state index is -0.0589. The minimum Gasteiger partial charge on any atom is -0.377 e. The summed E-state index contributed by atoms with van der Waals surface area (Å²) in [7, 11) is 1.93. The highest BCUT2D eigenvalue weighted by Crippen LogP contribution is 2.20. The molecule has 1 amide bonds. The largest absolute Gasteiger partial charge is 0.377 e. The summed E-state index contributed by atoms with van der Waals surface area (Å²) >= 11 is 6.01. The van der Waals surface area contributed by atoms with Gasteiger partial charge in [0.25, 0.3) is 0 Å². The number of ether oxygens (including phenoxy) is 1. The molecule has 0 bridgehead atoms. The van der Waals surface area contributed by atoms with Gasteiger partial charge in [-0.25, -0.2) is 0 Å². The second kappa shape index (κ2) is 7.62. The molecule has 1 aromatic rings. The SMILES string of the molecule is CN(CC(=O)Nc1ccccc1Cl)C[C@@H]1CCCCO1. The van der Waals surface area contributed by atoms with Crippen LogP contribution in [0.15, 0.2) is 24.3 Å². The summed E-state index contributed by atoms with van der Waals surface area (Å²) in [5.41, 5.74) is 0.654. The van der Waals surface area contributed by atoms with E-state index in [4.69, 9.17) is 16.3 Å². The summed E-state index contributed by atoms with van der Waals surface area (Å²) in [5, 5.41) is 3.38. The van der Waals surface area contributed by atoms with Crippen molar-refractivity contribution in [1.82, 2.24) is 4.90 Å². The van der Waals surface area contributed by atoms with E-state index in [1.54, 1.807) is 12.1 Å². The molecule has 1 saturated heterocycles. The highest BCUT2D eigenvalue weighted by atomic mass is 35.5. The van der Waals surface area contributed by atoms with Gasteiger partial charge in [-0.05, 0) is 38.4 Å². The highest BCUT2D eigenvalue weighted by molar-refractivity contribution is 6.33. The Hall–Kier alpha value is -1.10. The molecular formula is C15H21ClN2O2. The third-order valence-corrected chi connectivity index (χ3v) is 3.68. The number of rotatable bonds is 5. The van der Waals surface area contributed by atoms with Gasteiger partial charge in [0.15, 0.2) is 0 Å². The Morgan fingerprint density at radius 2 is 2.25 bits per heavy atom. The molecule has 1 aromatic carbocycles. The number of anilines is 1. The lowest BCUT2D eigenvalue weighted by Gasteiger charge is -2.27. The molecular weight excluding hydrogens is 276 g/mol. The van der Waals surface area contributed by atoms with Gasteiger partial charge in [0.05, 0.1) is 23.4 Å². The molecule has 1 heterocycles. The maximum absolute atomic E-state index is 12.0. The lowest BCUT2D eigenvalue weighted by Crippen LogP contribution is -2.37. The molecule has 20 heavy (non-hydrogen) atoms. The minimum absolute atomic E-state index is 0.0589. The Morgan fingerprint density at radius 3 is 2.95 bits per heavy atom. The van der Waals surface area contributed by atoms with Gasteiger partial charge in [0.2, 0.25) is 5.91 Å². The van der Waals surface area contributed by atoms with Crippen molar-refractivity contribution in [2.45, 2.75) is 25.4 Å². The van der Waals surface area contributed by atoms with Crippen molar-refractivity contribution in [3.8, 4) is 0 Å². The predicted molar refractivity (Wildman–Crippen MR) is 81.2 cm³/mol. The van der Waals surface area contributed by atoms with Crippen molar-refractivity contribution in [3.05, 3.63) is 29.3 Å². The maximum Gasteiger partial charge on any atom is 0.238 e. The van der Waals surface area contributed by atoms with Crippen LogP contribution >= 0.6 is 11.6 Å². The van der Waals surface area contributed by atoms with Gasteiger partial charge >= 0.3 is 0 Å². The summed E-state index contributed by atoms with van der Waals surface area (Å²) in [6, 6.07) is 7.24. The zero-order valence-corrected chi connectivity index (χ0v) is 12.5. The molecule has 1 fully saturated rings. The zero-order valence-electron chi connectivity index (χ0n) is 11.8. The van der Waals surface area contributed by atoms with E-state index in [1.807, 2.05) is 24.1 Å². The number of carbonyl (C=O) groups excluding carboxylic acids is 1. The fourth-order valence-electron chi connectivity index (χ4n) is 2.36. The van der Waals surface area contributed by atoms with Crippen LogP contribution in [0.2, 0.25) is 5.02 Å². The lowest BCUT2D eigenvalue weighted by molar-refractivity contribution is -0.117. The average molecular weight is 297 g/mol. The number of hydrogen-bond donors (Lipinski definition) is 1. The van der Waals surface area contributed by atoms with Crippen LogP contribution in [0.3, 0.4) is 0 Å². The van der Waals surface area contributed by atoms with Gasteiger partial charge < -0.3 is 10.1 Å². The van der Waals surface area contributed by atoms with Gasteiger partial charge in [0, 0.05) is 13.2 Å². The summed E-state index contributed by atoms with van der Waals surface area (Å²) < 4.78 is 5.67. The van der Waals surface area contributed by atoms with Crippen LogP contribution in [-0.2, 0) is 9.53 Å². The standard InChI is InChI=1S/C15H21ClN2O2/c1-18(10-12-6-4-5-9-20-12)11-15(19)17-14-8-3-2-7-13(14)16/h2-3,7-8,12H,4-6,9-11H2,1H3,(H,17,19)/t12-/m0/s1. The van der Waals surface area contributed by atoms with Gasteiger partial charge in [-0.15, -0.1) is 0 Å². The van der Waals surface area contributed by atoms with Gasteiger partial charge in [-0.1, -0.05) is 23.7 Å². The molecule has 0 spiro atoms. The maximum atomic E-state index is 12.0. The smallest absolute Gasteiger partial charge is 0.238 e. The highest BCUT2D eigenvalue weighted by Gasteiger charge is 2.17. The Balaban J connectivity index is 1.77. The topological polar surface area (TPSA) is 41.6 Å². The first-order valence-corrected chi connectivity index (χ1v) is 7.37. The first kappa shape index (κ1) is 15.3. The van der Waals surface area contributed by atoms with E-state index in [-0.39, 0.29) is 12.0 Å². The molecule has 2 rings (SSSR count). The molecule has 1 atom stereocenters. The van der Waals surface area contributed by atoms with Crippen molar-refractivity contribution < 1.29 is 9.53 Å². The van der Waals surface area contributed by atoms with E-state index in [2.05, 4.69) is 5.32 Å². The molecule has 5 heteroatoms. The summed E-state index contributed by atoms with van der Waals surface area (Å²) in [5.74, 6) is -0.0589. The molecule has 0 saturated carbocycles. The predicted octanol–water partition coefficient (Wildman–Crippen LogP) is 2.78. The first-order valence-electron chi connectivity index (χ1n) is 6.99. The quantitative estimate of drug-likeness (QED) is 0.908. The van der Waals surface area contributed by atoms with Crippen LogP contribution in [0.1, 0.15) is 19.3 Å². The van der Waals surface area contributed by atoms with Crippen LogP contribution in [-0.4, -0.2) is 43.7 Å². The summed E-state index contributed by atoms with van der Waals surface area (Å²) in [4.78, 5) is 14.0. The number of amides is 1. The monoisotopic (exact) mass is 296 g/mol. The van der Waals surface area contributed by atoms with E-state index in [9.17, 15) is 4.79 Å². The van der Waals surface area contributed by atoms with Crippen molar-refractivity contribution in [2.24, 2.45) is 0 Å². The van der Waals surface area contributed by atoms with E-state index in [1.165, 1.54) is 6.42 Å². The molecule has 1 aliphatic rings. The second-order valence-corrected chi connectivity index (χ2v) is 5.62. The first-order chi connectivity index (χ1) is 9.65. The number of nitrogens with zero attached hydrogens (tertiary/aromatic N) is 1. The Bertz CT molecular complexity index is 447. The summed E-state index contributed by atoms with van der Waals surface area (Å²) in [6.07, 6.45) is 3.69. The molecule has 1 N–H and O–H groups in total. The van der Waals surface area contributed by atoms with Gasteiger partial charge in [-0.3, -0.25) is 9.69 Å². The van der Waals surface area contributed by atoms with E-state index in [0.717, 1.165) is 26.0 Å². The third kappa shape index (κ3) is 4.78. The Morgan fingerprint density at radius 1 is 1.45 bits per heavy atom. The van der Waals surface area contributed by atoms with E-state index >= 15 is 0 Å². The number of hydrogen-bond acceptors (Lipinski definition) is 3. The molecule has 0 radical (unpaired) electrons. The van der Waals surface area contributed by atoms with E-state index < -0.39 is 0 Å². The molecule has 0 unspecified atom stereocenters. The molecule has 0 aliphatic carbocycles. The number of likely N-dealkylation sites (N-methyl/N-ethyl adjacent to an activating group) is 1. The van der Waals surface area contributed by atoms with Crippen LogP contribution in [0, 0.1) is 0 Å². The van der Waals surface area contributed by atoms with Crippen LogP contribution in [0.5, 0.6) is 0 Å². The number of benzene rings is 1. The molecule has 0 aromatic heterocycles. The van der Waals surface area contributed by atoms with Gasteiger partial charge in [0.1, 0.15) is 0 Å². The molecule has 4 nitrogen and oxygen atoms in total. The van der Waals surface area contributed by atoms with Crippen molar-refractivity contribution in [3.63, 3.8) is 0 Å². The molecule has 1 aliphatic heterocycles. The number of carbonyl (C=O) groups is 1. The Labute approximate surface area is 125 Å². The van der Waals surface area contributed by atoms with E-state index in [0.29, 0.717) is 17.3 Å². The molecule has 110 valence electrons. The number of halogens is 1. The number of para-hydroxylation sites is 1. The van der Waals surface area contributed by atoms with Crippen LogP contribution in [0.4, 0.5) is 5.69 Å². The number of nitrogens with one attached hydrogen (secondary N) is 1. The normalized spacial score (nSPS) is 19.1. The fourth-order valence-corrected chi connectivity index (χ4v) is 2.54. The van der Waals surface area contributed by atoms with Crippen molar-refractivity contribution in [1.29, 1.82) is 0 Å². The van der Waals surface area contributed by atoms with Crippen LogP contribution < -0.4 is 5.32 Å². The zero-order chi connectivity index (χ0) is 14.4.